The standard InChI is InChI=1S/C18H13N3O6/c22-16(25-10-15-20-21-17(27-15)14-6-3-9-24-14)8-7-12-18(23)26-13-5-2-1-4-11(13)19-12/h1-6,9H,7-8,10H2. The van der Waals surface area contributed by atoms with E-state index in [1.165, 1.54) is 6.26 Å². The van der Waals surface area contributed by atoms with Gasteiger partial charge in [0.25, 0.3) is 11.8 Å². The number of aryl methyl sites for hydroxylation is 1. The lowest BCUT2D eigenvalue weighted by Crippen LogP contribution is -2.13. The number of furan rings is 1. The summed E-state index contributed by atoms with van der Waals surface area (Å²) in [6.45, 7) is -0.174. The van der Waals surface area contributed by atoms with Gasteiger partial charge >= 0.3 is 11.6 Å². The minimum Gasteiger partial charge on any atom is -0.459 e. The van der Waals surface area contributed by atoms with Crippen molar-refractivity contribution in [2.75, 3.05) is 0 Å². The molecule has 0 radical (unpaired) electrons. The average Bonchev–Trinajstić information content (AvgIpc) is 3.36. The Kier molecular flexibility index (Phi) is 4.48. The SMILES string of the molecule is O=C(CCc1nc2ccccc2oc1=O)OCc1nnc(-c2ccco2)o1. The molecule has 0 bridgehead atoms. The van der Waals surface area contributed by atoms with Crippen LogP contribution in [0.1, 0.15) is 18.0 Å². The molecule has 0 fully saturated rings. The highest BCUT2D eigenvalue weighted by Crippen LogP contribution is 2.18. The first kappa shape index (κ1) is 16.7. The maximum absolute atomic E-state index is 11.9. The van der Waals surface area contributed by atoms with Crippen molar-refractivity contribution >= 4 is 17.1 Å². The van der Waals surface area contributed by atoms with Crippen molar-refractivity contribution in [3.8, 4) is 11.7 Å². The van der Waals surface area contributed by atoms with E-state index in [-0.39, 0.29) is 36.9 Å². The first-order valence-electron chi connectivity index (χ1n) is 8.10. The normalized spacial score (nSPS) is 11.0. The van der Waals surface area contributed by atoms with Gasteiger partial charge in [0.15, 0.2) is 18.0 Å². The van der Waals surface area contributed by atoms with Gasteiger partial charge in [0.05, 0.1) is 12.7 Å². The molecule has 0 aliphatic heterocycles. The Morgan fingerprint density at radius 3 is 2.81 bits per heavy atom. The molecule has 4 rings (SSSR count). The van der Waals surface area contributed by atoms with E-state index in [9.17, 15) is 9.59 Å². The third-order valence-corrected chi connectivity index (χ3v) is 3.68. The molecule has 0 saturated carbocycles. The lowest BCUT2D eigenvalue weighted by Gasteiger charge is -2.02. The van der Waals surface area contributed by atoms with E-state index >= 15 is 0 Å². The van der Waals surface area contributed by atoms with Crippen LogP contribution in [0.4, 0.5) is 0 Å². The van der Waals surface area contributed by atoms with Crippen molar-refractivity contribution < 1.29 is 22.8 Å². The molecule has 3 aromatic heterocycles. The zero-order valence-corrected chi connectivity index (χ0v) is 14.0. The average molecular weight is 367 g/mol. The topological polar surface area (TPSA) is 121 Å². The first-order chi connectivity index (χ1) is 13.2. The van der Waals surface area contributed by atoms with Gasteiger partial charge in [-0.15, -0.1) is 10.2 Å². The van der Waals surface area contributed by atoms with Crippen LogP contribution in [0.5, 0.6) is 0 Å². The lowest BCUT2D eigenvalue weighted by molar-refractivity contribution is -0.145. The molecule has 9 heteroatoms. The first-order valence-corrected chi connectivity index (χ1v) is 8.10. The summed E-state index contributed by atoms with van der Waals surface area (Å²) in [7, 11) is 0. The predicted octanol–water partition coefficient (Wildman–Crippen LogP) is 2.51. The third kappa shape index (κ3) is 3.76. The number of ether oxygens (including phenoxy) is 1. The summed E-state index contributed by atoms with van der Waals surface area (Å²) in [6, 6.07) is 10.3. The summed E-state index contributed by atoms with van der Waals surface area (Å²) in [5, 5.41) is 7.58. The molecule has 0 amide bonds. The number of benzene rings is 1. The van der Waals surface area contributed by atoms with Crippen LogP contribution in [0, 0.1) is 0 Å². The zero-order chi connectivity index (χ0) is 18.6. The van der Waals surface area contributed by atoms with Crippen LogP contribution < -0.4 is 5.63 Å². The summed E-state index contributed by atoms with van der Waals surface area (Å²) in [5.41, 5.74) is 0.555. The Balaban J connectivity index is 1.34. The van der Waals surface area contributed by atoms with Gasteiger partial charge < -0.3 is 18.0 Å². The highest BCUT2D eigenvalue weighted by molar-refractivity contribution is 5.72. The van der Waals surface area contributed by atoms with Crippen molar-refractivity contribution in [1.82, 2.24) is 15.2 Å². The highest BCUT2D eigenvalue weighted by atomic mass is 16.5. The number of para-hydroxylation sites is 2. The predicted molar refractivity (Wildman–Crippen MR) is 90.4 cm³/mol. The van der Waals surface area contributed by atoms with E-state index in [2.05, 4.69) is 15.2 Å². The minimum atomic E-state index is -0.568. The molecule has 0 saturated heterocycles. The van der Waals surface area contributed by atoms with Crippen molar-refractivity contribution in [2.45, 2.75) is 19.4 Å². The van der Waals surface area contributed by atoms with Gasteiger partial charge in [0.1, 0.15) is 11.2 Å². The van der Waals surface area contributed by atoms with E-state index in [4.69, 9.17) is 18.0 Å². The van der Waals surface area contributed by atoms with Crippen LogP contribution in [0.15, 0.2) is 60.7 Å². The number of hydrogen-bond acceptors (Lipinski definition) is 9. The van der Waals surface area contributed by atoms with Crippen molar-refractivity contribution in [2.24, 2.45) is 0 Å². The maximum atomic E-state index is 11.9. The number of fused-ring (bicyclic) bond motifs is 1. The van der Waals surface area contributed by atoms with Crippen LogP contribution in [0.25, 0.3) is 22.8 Å². The number of carbonyl (C=O) groups excluding carboxylic acids is 1. The molecule has 9 nitrogen and oxygen atoms in total. The molecule has 0 atom stereocenters. The van der Waals surface area contributed by atoms with Gasteiger partial charge in [-0.1, -0.05) is 12.1 Å². The summed E-state index contributed by atoms with van der Waals surface area (Å²) in [4.78, 5) is 28.1. The van der Waals surface area contributed by atoms with Crippen LogP contribution in [0.2, 0.25) is 0 Å². The Labute approximate surface area is 151 Å². The van der Waals surface area contributed by atoms with Gasteiger partial charge in [0.2, 0.25) is 0 Å². The number of nitrogens with zero attached hydrogens (tertiary/aromatic N) is 3. The Hall–Kier alpha value is -3.75. The maximum Gasteiger partial charge on any atom is 0.358 e. The van der Waals surface area contributed by atoms with Crippen LogP contribution in [0.3, 0.4) is 0 Å². The van der Waals surface area contributed by atoms with Crippen molar-refractivity contribution in [3.63, 3.8) is 0 Å². The number of esters is 1. The zero-order valence-electron chi connectivity index (χ0n) is 14.0. The number of hydrogen-bond donors (Lipinski definition) is 0. The van der Waals surface area contributed by atoms with Gasteiger partial charge in [-0.2, -0.15) is 0 Å². The van der Waals surface area contributed by atoms with Crippen LogP contribution in [-0.4, -0.2) is 21.2 Å². The van der Waals surface area contributed by atoms with Crippen molar-refractivity contribution in [3.05, 3.63) is 64.7 Å². The number of rotatable bonds is 6. The van der Waals surface area contributed by atoms with Gasteiger partial charge in [-0.3, -0.25) is 4.79 Å². The largest absolute Gasteiger partial charge is 0.459 e. The summed E-state index contributed by atoms with van der Waals surface area (Å²) in [6.07, 6.45) is 1.55. The Morgan fingerprint density at radius 2 is 1.96 bits per heavy atom. The van der Waals surface area contributed by atoms with Gasteiger partial charge in [-0.05, 0) is 24.3 Å². The molecular formula is C18H13N3O6. The summed E-state index contributed by atoms with van der Waals surface area (Å²) >= 11 is 0. The van der Waals surface area contributed by atoms with E-state index in [1.807, 2.05) is 0 Å². The second kappa shape index (κ2) is 7.24. The highest BCUT2D eigenvalue weighted by Gasteiger charge is 2.14. The molecular weight excluding hydrogens is 354 g/mol. The molecule has 3 heterocycles. The van der Waals surface area contributed by atoms with E-state index < -0.39 is 11.6 Å². The molecule has 27 heavy (non-hydrogen) atoms. The van der Waals surface area contributed by atoms with E-state index in [0.717, 1.165) is 0 Å². The van der Waals surface area contributed by atoms with E-state index in [0.29, 0.717) is 16.9 Å². The second-order valence-electron chi connectivity index (χ2n) is 5.55. The Bertz CT molecular complexity index is 1130. The molecule has 0 spiro atoms. The van der Waals surface area contributed by atoms with Crippen LogP contribution >= 0.6 is 0 Å². The van der Waals surface area contributed by atoms with Crippen molar-refractivity contribution in [1.29, 1.82) is 0 Å². The summed E-state index contributed by atoms with van der Waals surface area (Å²) in [5.74, 6) is 0.235. The number of aromatic nitrogens is 3. The van der Waals surface area contributed by atoms with E-state index in [1.54, 1.807) is 36.4 Å². The quantitative estimate of drug-likeness (QED) is 0.473. The molecule has 1 aromatic carbocycles. The number of carbonyl (C=O) groups is 1. The minimum absolute atomic E-state index is 0.0325. The molecule has 136 valence electrons. The van der Waals surface area contributed by atoms with Gasteiger partial charge in [0, 0.05) is 6.42 Å². The van der Waals surface area contributed by atoms with Crippen LogP contribution in [-0.2, 0) is 22.6 Å². The summed E-state index contributed by atoms with van der Waals surface area (Å²) < 4.78 is 20.7. The Morgan fingerprint density at radius 1 is 1.07 bits per heavy atom. The fraction of sp³-hybridized carbons (Fsp3) is 0.167. The molecule has 0 unspecified atom stereocenters. The molecule has 0 aliphatic rings. The lowest BCUT2D eigenvalue weighted by atomic mass is 10.2. The second-order valence-corrected chi connectivity index (χ2v) is 5.55. The van der Waals surface area contributed by atoms with Gasteiger partial charge in [-0.25, -0.2) is 9.78 Å². The smallest absolute Gasteiger partial charge is 0.358 e. The molecule has 0 N–H and O–H groups in total. The monoisotopic (exact) mass is 367 g/mol. The molecule has 0 aliphatic carbocycles. The third-order valence-electron chi connectivity index (χ3n) is 3.68. The molecule has 4 aromatic rings. The fourth-order valence-electron chi connectivity index (χ4n) is 2.39. The fourth-order valence-corrected chi connectivity index (χ4v) is 2.39.